The maximum absolute atomic E-state index is 11.8. The van der Waals surface area contributed by atoms with E-state index in [9.17, 15) is 14.7 Å². The molecule has 1 aromatic rings. The largest absolute Gasteiger partial charge is 0.392 e. The number of rotatable bonds is 3. The number of hydrogen-bond acceptors (Lipinski definition) is 4. The Hall–Kier alpha value is -1.95. The summed E-state index contributed by atoms with van der Waals surface area (Å²) >= 11 is 0. The van der Waals surface area contributed by atoms with Gasteiger partial charge >= 0.3 is 0 Å². The highest BCUT2D eigenvalue weighted by molar-refractivity contribution is 6.01. The highest BCUT2D eigenvalue weighted by Crippen LogP contribution is 2.12. The summed E-state index contributed by atoms with van der Waals surface area (Å²) in [6.07, 6.45) is 2.77. The molecule has 0 bridgehead atoms. The van der Waals surface area contributed by atoms with Crippen molar-refractivity contribution in [3.8, 4) is 0 Å². The van der Waals surface area contributed by atoms with Crippen LogP contribution in [0.5, 0.6) is 0 Å². The smallest absolute Gasteiger partial charge is 0.235 e. The van der Waals surface area contributed by atoms with Gasteiger partial charge in [0.15, 0.2) is 0 Å². The van der Waals surface area contributed by atoms with Crippen LogP contribution in [0.4, 0.5) is 0 Å². The van der Waals surface area contributed by atoms with Gasteiger partial charge in [-0.25, -0.2) is 0 Å². The van der Waals surface area contributed by atoms with Crippen molar-refractivity contribution in [2.45, 2.75) is 19.1 Å². The van der Waals surface area contributed by atoms with Gasteiger partial charge in [-0.05, 0) is 18.1 Å². The number of hydrogen-bond donors (Lipinski definition) is 3. The SMILES string of the molecule is O=C1NCCC(O)C1C(=O)NCc1cccnc1. The second-order valence-electron chi connectivity index (χ2n) is 4.20. The zero-order valence-electron chi connectivity index (χ0n) is 9.80. The van der Waals surface area contributed by atoms with Gasteiger partial charge in [-0.3, -0.25) is 14.6 Å². The van der Waals surface area contributed by atoms with Crippen LogP contribution >= 0.6 is 0 Å². The quantitative estimate of drug-likeness (QED) is 0.611. The van der Waals surface area contributed by atoms with E-state index in [1.165, 1.54) is 0 Å². The first-order valence-corrected chi connectivity index (χ1v) is 5.81. The fourth-order valence-corrected chi connectivity index (χ4v) is 1.89. The molecule has 2 amide bonds. The first kappa shape index (κ1) is 12.5. The Balaban J connectivity index is 1.93. The Bertz CT molecular complexity index is 435. The molecule has 96 valence electrons. The number of nitrogens with zero attached hydrogens (tertiary/aromatic N) is 1. The highest BCUT2D eigenvalue weighted by Gasteiger charge is 2.36. The standard InChI is InChI=1S/C12H15N3O3/c16-9-3-5-14-11(17)10(9)12(18)15-7-8-2-1-4-13-6-8/h1-2,4,6,9-10,16H,3,5,7H2,(H,14,17)(H,15,18). The van der Waals surface area contributed by atoms with Gasteiger partial charge in [0.25, 0.3) is 0 Å². The highest BCUT2D eigenvalue weighted by atomic mass is 16.3. The van der Waals surface area contributed by atoms with Crippen molar-refractivity contribution in [2.24, 2.45) is 5.92 Å². The third-order valence-electron chi connectivity index (χ3n) is 2.88. The first-order valence-electron chi connectivity index (χ1n) is 5.81. The maximum atomic E-state index is 11.8. The predicted octanol–water partition coefficient (Wildman–Crippen LogP) is -0.805. The summed E-state index contributed by atoms with van der Waals surface area (Å²) in [6.45, 7) is 0.704. The zero-order valence-corrected chi connectivity index (χ0v) is 9.80. The lowest BCUT2D eigenvalue weighted by Gasteiger charge is -2.26. The Morgan fingerprint density at radius 1 is 1.61 bits per heavy atom. The molecule has 2 unspecified atom stereocenters. The van der Waals surface area contributed by atoms with Crippen molar-refractivity contribution in [3.63, 3.8) is 0 Å². The fraction of sp³-hybridized carbons (Fsp3) is 0.417. The number of aliphatic hydroxyl groups excluding tert-OH is 1. The molecule has 0 radical (unpaired) electrons. The number of aromatic nitrogens is 1. The van der Waals surface area contributed by atoms with Gasteiger partial charge in [0, 0.05) is 25.5 Å². The van der Waals surface area contributed by atoms with Gasteiger partial charge in [-0.15, -0.1) is 0 Å². The molecule has 1 aliphatic rings. The average Bonchev–Trinajstić information content (AvgIpc) is 2.37. The molecule has 6 nitrogen and oxygen atoms in total. The van der Waals surface area contributed by atoms with E-state index in [-0.39, 0.29) is 0 Å². The molecule has 1 saturated heterocycles. The summed E-state index contributed by atoms with van der Waals surface area (Å²) in [4.78, 5) is 27.3. The minimum Gasteiger partial charge on any atom is -0.392 e. The summed E-state index contributed by atoms with van der Waals surface area (Å²) in [5, 5.41) is 14.9. The lowest BCUT2D eigenvalue weighted by atomic mass is 9.94. The van der Waals surface area contributed by atoms with Crippen LogP contribution in [0, 0.1) is 5.92 Å². The molecule has 3 N–H and O–H groups in total. The van der Waals surface area contributed by atoms with Crippen molar-refractivity contribution >= 4 is 11.8 Å². The van der Waals surface area contributed by atoms with Crippen molar-refractivity contribution in [1.29, 1.82) is 0 Å². The minimum atomic E-state index is -1.02. The molecule has 6 heteroatoms. The number of carbonyl (C=O) groups is 2. The number of aliphatic hydroxyl groups is 1. The second-order valence-corrected chi connectivity index (χ2v) is 4.20. The third kappa shape index (κ3) is 2.84. The van der Waals surface area contributed by atoms with Gasteiger partial charge in [-0.1, -0.05) is 6.07 Å². The van der Waals surface area contributed by atoms with Crippen LogP contribution in [-0.4, -0.2) is 34.6 Å². The molecule has 0 saturated carbocycles. The summed E-state index contributed by atoms with van der Waals surface area (Å²) in [6, 6.07) is 3.59. The molecule has 1 aromatic heterocycles. The molecule has 18 heavy (non-hydrogen) atoms. The summed E-state index contributed by atoms with van der Waals surface area (Å²) in [7, 11) is 0. The Labute approximate surface area is 104 Å². The predicted molar refractivity (Wildman–Crippen MR) is 63.2 cm³/mol. The van der Waals surface area contributed by atoms with Crippen LogP contribution < -0.4 is 10.6 Å². The number of pyridine rings is 1. The van der Waals surface area contributed by atoms with Gasteiger partial charge in [0.05, 0.1) is 6.10 Å². The first-order chi connectivity index (χ1) is 8.68. The van der Waals surface area contributed by atoms with Crippen LogP contribution in [0.1, 0.15) is 12.0 Å². The number of nitrogens with one attached hydrogen (secondary N) is 2. The van der Waals surface area contributed by atoms with E-state index in [4.69, 9.17) is 0 Å². The van der Waals surface area contributed by atoms with Gasteiger partial charge < -0.3 is 15.7 Å². The van der Waals surface area contributed by atoms with E-state index in [0.717, 1.165) is 5.56 Å². The fourth-order valence-electron chi connectivity index (χ4n) is 1.89. The molecule has 1 fully saturated rings. The lowest BCUT2D eigenvalue weighted by Crippen LogP contribution is -2.51. The second kappa shape index (κ2) is 5.59. The molecular formula is C12H15N3O3. The summed E-state index contributed by atoms with van der Waals surface area (Å²) in [5.41, 5.74) is 0.844. The number of carbonyl (C=O) groups excluding carboxylic acids is 2. The van der Waals surface area contributed by atoms with Crippen molar-refractivity contribution in [3.05, 3.63) is 30.1 Å². The van der Waals surface area contributed by atoms with Crippen LogP contribution in [0.3, 0.4) is 0 Å². The zero-order chi connectivity index (χ0) is 13.0. The molecule has 2 rings (SSSR count). The monoisotopic (exact) mass is 249 g/mol. The minimum absolute atomic E-state index is 0.295. The van der Waals surface area contributed by atoms with Gasteiger partial charge in [0.1, 0.15) is 5.92 Å². The van der Waals surface area contributed by atoms with E-state index in [2.05, 4.69) is 15.6 Å². The average molecular weight is 249 g/mol. The lowest BCUT2D eigenvalue weighted by molar-refractivity contribution is -0.142. The maximum Gasteiger partial charge on any atom is 0.235 e. The topological polar surface area (TPSA) is 91.3 Å². The Kier molecular flexibility index (Phi) is 3.88. The van der Waals surface area contributed by atoms with Crippen LogP contribution in [0.2, 0.25) is 0 Å². The van der Waals surface area contributed by atoms with Crippen molar-refractivity contribution in [2.75, 3.05) is 6.54 Å². The van der Waals surface area contributed by atoms with Gasteiger partial charge in [0.2, 0.25) is 11.8 Å². The number of amides is 2. The van der Waals surface area contributed by atoms with Crippen molar-refractivity contribution in [1.82, 2.24) is 15.6 Å². The Morgan fingerprint density at radius 2 is 2.44 bits per heavy atom. The van der Waals surface area contributed by atoms with Crippen molar-refractivity contribution < 1.29 is 14.7 Å². The van der Waals surface area contributed by atoms with E-state index in [0.29, 0.717) is 19.5 Å². The van der Waals surface area contributed by atoms with Crippen LogP contribution in [0.15, 0.2) is 24.5 Å². The third-order valence-corrected chi connectivity index (χ3v) is 2.88. The van der Waals surface area contributed by atoms with Crippen LogP contribution in [-0.2, 0) is 16.1 Å². The van der Waals surface area contributed by atoms with Crippen LogP contribution in [0.25, 0.3) is 0 Å². The Morgan fingerprint density at radius 3 is 3.11 bits per heavy atom. The van der Waals surface area contributed by atoms with E-state index in [1.54, 1.807) is 18.5 Å². The molecule has 0 aromatic carbocycles. The normalized spacial score (nSPS) is 23.3. The van der Waals surface area contributed by atoms with Gasteiger partial charge in [-0.2, -0.15) is 0 Å². The van der Waals surface area contributed by atoms with E-state index in [1.807, 2.05) is 6.07 Å². The summed E-state index contributed by atoms with van der Waals surface area (Å²) in [5.74, 6) is -1.89. The number of piperidine rings is 1. The molecule has 2 heterocycles. The molecule has 0 spiro atoms. The van der Waals surface area contributed by atoms with E-state index < -0.39 is 23.8 Å². The van der Waals surface area contributed by atoms with E-state index >= 15 is 0 Å². The molecule has 0 aliphatic carbocycles. The molecule has 2 atom stereocenters. The summed E-state index contributed by atoms with van der Waals surface area (Å²) < 4.78 is 0. The molecular weight excluding hydrogens is 234 g/mol. The molecule has 1 aliphatic heterocycles.